The number of rotatable bonds is 2. The Morgan fingerprint density at radius 2 is 1.92 bits per heavy atom. The second-order valence-electron chi connectivity index (χ2n) is 10.0. The third-order valence-electron chi connectivity index (χ3n) is 6.34. The van der Waals surface area contributed by atoms with Crippen molar-refractivity contribution in [2.45, 2.75) is 52.1 Å². The number of ether oxygens (including phenoxy) is 3. The smallest absolute Gasteiger partial charge is 0.417 e. The lowest BCUT2D eigenvalue weighted by molar-refractivity contribution is -0.137. The van der Waals surface area contributed by atoms with Gasteiger partial charge in [0.05, 0.1) is 35.5 Å². The maximum atomic E-state index is 13.9. The summed E-state index contributed by atoms with van der Waals surface area (Å²) in [6, 6.07) is 3.42. The number of H-pyrrole nitrogens is 1. The molecule has 1 N–H and O–H groups in total. The molecule has 0 radical (unpaired) electrons. The fourth-order valence-corrected chi connectivity index (χ4v) is 4.64. The molecule has 11 heteroatoms. The Kier molecular flexibility index (Phi) is 6.72. The molecule has 0 saturated carbocycles. The Balaban J connectivity index is 1.70. The number of halogens is 3. The predicted octanol–water partition coefficient (Wildman–Crippen LogP) is 4.19. The van der Waals surface area contributed by atoms with E-state index in [4.69, 9.17) is 14.2 Å². The van der Waals surface area contributed by atoms with E-state index in [1.807, 2.05) is 4.90 Å². The molecule has 0 bridgehead atoms. The molecule has 0 aliphatic carbocycles. The van der Waals surface area contributed by atoms with E-state index < -0.39 is 29.0 Å². The third-order valence-corrected chi connectivity index (χ3v) is 6.34. The van der Waals surface area contributed by atoms with Gasteiger partial charge in [0.15, 0.2) is 0 Å². The second kappa shape index (κ2) is 9.34. The number of carbonyl (C=O) groups is 1. The molecule has 0 spiro atoms. The van der Waals surface area contributed by atoms with Gasteiger partial charge in [-0.05, 0) is 39.8 Å². The Morgan fingerprint density at radius 3 is 2.56 bits per heavy atom. The number of hydrogen-bond donors (Lipinski definition) is 1. The van der Waals surface area contributed by atoms with Gasteiger partial charge in [0.1, 0.15) is 23.7 Å². The van der Waals surface area contributed by atoms with Crippen LogP contribution >= 0.6 is 0 Å². The van der Waals surface area contributed by atoms with Crippen LogP contribution in [0.1, 0.15) is 37.5 Å². The molecule has 3 heterocycles. The zero-order valence-corrected chi connectivity index (χ0v) is 20.9. The number of nitrogens with one attached hydrogen (secondary N) is 1. The van der Waals surface area contributed by atoms with E-state index >= 15 is 0 Å². The van der Waals surface area contributed by atoms with Crippen LogP contribution in [-0.2, 0) is 17.5 Å². The molecule has 2 aliphatic heterocycles. The van der Waals surface area contributed by atoms with Crippen molar-refractivity contribution in [3.63, 3.8) is 0 Å². The number of amides is 1. The van der Waals surface area contributed by atoms with Crippen LogP contribution in [0, 0.1) is 6.92 Å². The van der Waals surface area contributed by atoms with Crippen molar-refractivity contribution in [3.05, 3.63) is 45.2 Å². The third kappa shape index (κ3) is 5.02. The van der Waals surface area contributed by atoms with Crippen LogP contribution in [-0.4, -0.2) is 65.9 Å². The highest BCUT2D eigenvalue weighted by atomic mass is 19.4. The van der Waals surface area contributed by atoms with Crippen LogP contribution in [0.3, 0.4) is 0 Å². The summed E-state index contributed by atoms with van der Waals surface area (Å²) < 4.78 is 58.4. The number of pyridine rings is 1. The number of carbonyl (C=O) groups excluding carboxylic acids is 1. The zero-order valence-electron chi connectivity index (χ0n) is 20.9. The van der Waals surface area contributed by atoms with Gasteiger partial charge in [-0.1, -0.05) is 6.07 Å². The van der Waals surface area contributed by atoms with Gasteiger partial charge in [-0.3, -0.25) is 9.69 Å². The topological polar surface area (TPSA) is 84.1 Å². The molecule has 0 unspecified atom stereocenters. The van der Waals surface area contributed by atoms with Gasteiger partial charge in [-0.15, -0.1) is 0 Å². The summed E-state index contributed by atoms with van der Waals surface area (Å²) in [6.45, 7) is 8.68. The molecule has 1 saturated heterocycles. The average molecular weight is 510 g/mol. The quantitative estimate of drug-likeness (QED) is 0.654. The minimum absolute atomic E-state index is 0.00113. The molecule has 2 aromatic rings. The van der Waals surface area contributed by atoms with E-state index in [0.29, 0.717) is 30.8 Å². The fraction of sp³-hybridized carbons (Fsp3) is 0.520. The van der Waals surface area contributed by atoms with Gasteiger partial charge in [-0.2, -0.15) is 13.2 Å². The van der Waals surface area contributed by atoms with Gasteiger partial charge in [0.2, 0.25) is 0 Å². The van der Waals surface area contributed by atoms with Gasteiger partial charge in [-0.25, -0.2) is 4.79 Å². The number of hydrogen-bond acceptors (Lipinski definition) is 6. The summed E-state index contributed by atoms with van der Waals surface area (Å²) in [6.07, 6.45) is -5.08. The first-order valence-corrected chi connectivity index (χ1v) is 11.6. The first kappa shape index (κ1) is 25.9. The van der Waals surface area contributed by atoms with Gasteiger partial charge < -0.3 is 24.1 Å². The SMILES string of the molecule is COc1cccc(C(F)(F)F)c1-c1[nH]c(=O)c2c(c1C)OC[C@H]1CN(C(=O)OC(C)(C)C)CCN1C2. The van der Waals surface area contributed by atoms with Crippen LogP contribution in [0.4, 0.5) is 18.0 Å². The van der Waals surface area contributed by atoms with Crippen molar-refractivity contribution >= 4 is 6.09 Å². The number of methoxy groups -OCH3 is 1. The molecule has 1 atom stereocenters. The minimum Gasteiger partial charge on any atom is -0.496 e. The van der Waals surface area contributed by atoms with Crippen molar-refractivity contribution in [2.75, 3.05) is 33.4 Å². The summed E-state index contributed by atoms with van der Waals surface area (Å²) in [4.78, 5) is 32.0. The van der Waals surface area contributed by atoms with Crippen LogP contribution < -0.4 is 15.0 Å². The number of nitrogens with zero attached hydrogens (tertiary/aromatic N) is 2. The predicted molar refractivity (Wildman–Crippen MR) is 126 cm³/mol. The van der Waals surface area contributed by atoms with E-state index in [1.165, 1.54) is 19.2 Å². The standard InChI is InChI=1S/C25H30F3N3O5/c1-14-20(19-17(25(26,27)28)7-6-8-18(19)34-5)29-22(32)16-12-30-9-10-31(23(33)36-24(2,3)4)11-15(30)13-35-21(14)16/h6-8,15H,9-13H2,1-5H3,(H,29,32)/t15-/m1/s1. The minimum atomic E-state index is -4.66. The Labute approximate surface area is 206 Å². The molecule has 4 rings (SSSR count). The normalized spacial score (nSPS) is 18.6. The number of fused-ring (bicyclic) bond motifs is 2. The lowest BCUT2D eigenvalue weighted by Gasteiger charge is -2.40. The maximum Gasteiger partial charge on any atom is 0.417 e. The van der Waals surface area contributed by atoms with Crippen LogP contribution in [0.5, 0.6) is 11.5 Å². The summed E-state index contributed by atoms with van der Waals surface area (Å²) >= 11 is 0. The monoisotopic (exact) mass is 509 g/mol. The molecule has 1 fully saturated rings. The molecule has 1 amide bonds. The van der Waals surface area contributed by atoms with Gasteiger partial charge in [0, 0.05) is 31.7 Å². The van der Waals surface area contributed by atoms with Crippen molar-refractivity contribution < 1.29 is 32.2 Å². The summed E-state index contributed by atoms with van der Waals surface area (Å²) in [7, 11) is 1.28. The Bertz CT molecular complexity index is 1220. The largest absolute Gasteiger partial charge is 0.496 e. The number of benzene rings is 1. The molecule has 196 valence electrons. The van der Waals surface area contributed by atoms with E-state index in [2.05, 4.69) is 4.98 Å². The molecular weight excluding hydrogens is 479 g/mol. The summed E-state index contributed by atoms with van der Waals surface area (Å²) in [5.41, 5.74) is -1.60. The Morgan fingerprint density at radius 1 is 1.19 bits per heavy atom. The first-order chi connectivity index (χ1) is 16.8. The lowest BCUT2D eigenvalue weighted by Crippen LogP contribution is -2.56. The van der Waals surface area contributed by atoms with Gasteiger partial charge >= 0.3 is 12.3 Å². The van der Waals surface area contributed by atoms with Crippen molar-refractivity contribution in [1.82, 2.24) is 14.8 Å². The van der Waals surface area contributed by atoms with Crippen molar-refractivity contribution in [1.29, 1.82) is 0 Å². The zero-order chi connectivity index (χ0) is 26.4. The summed E-state index contributed by atoms with van der Waals surface area (Å²) in [5, 5.41) is 0. The highest BCUT2D eigenvalue weighted by Gasteiger charge is 2.38. The Hall–Kier alpha value is -3.21. The van der Waals surface area contributed by atoms with E-state index in [0.717, 1.165) is 6.07 Å². The molecule has 2 aliphatic rings. The van der Waals surface area contributed by atoms with E-state index in [1.54, 1.807) is 32.6 Å². The number of aromatic amines is 1. The van der Waals surface area contributed by atoms with E-state index in [-0.39, 0.29) is 41.9 Å². The van der Waals surface area contributed by atoms with Gasteiger partial charge in [0.25, 0.3) is 5.56 Å². The van der Waals surface area contributed by atoms with Crippen LogP contribution in [0.15, 0.2) is 23.0 Å². The average Bonchev–Trinajstić information content (AvgIpc) is 2.99. The molecule has 8 nitrogen and oxygen atoms in total. The first-order valence-electron chi connectivity index (χ1n) is 11.6. The molecule has 36 heavy (non-hydrogen) atoms. The lowest BCUT2D eigenvalue weighted by atomic mass is 9.97. The molecular formula is C25H30F3N3O5. The number of piperazine rings is 1. The van der Waals surface area contributed by atoms with Crippen molar-refractivity contribution in [2.24, 2.45) is 0 Å². The van der Waals surface area contributed by atoms with Crippen LogP contribution in [0.2, 0.25) is 0 Å². The molecule has 1 aromatic carbocycles. The van der Waals surface area contributed by atoms with Crippen molar-refractivity contribution in [3.8, 4) is 22.8 Å². The highest BCUT2D eigenvalue weighted by Crippen LogP contribution is 2.44. The number of aromatic nitrogens is 1. The highest BCUT2D eigenvalue weighted by molar-refractivity contribution is 5.76. The summed E-state index contributed by atoms with van der Waals surface area (Å²) in [5.74, 6) is 0.244. The fourth-order valence-electron chi connectivity index (χ4n) is 4.64. The molecule has 1 aromatic heterocycles. The maximum absolute atomic E-state index is 13.9. The van der Waals surface area contributed by atoms with E-state index in [9.17, 15) is 22.8 Å². The number of alkyl halides is 3. The van der Waals surface area contributed by atoms with Crippen LogP contribution in [0.25, 0.3) is 11.3 Å². The second-order valence-corrected chi connectivity index (χ2v) is 10.0.